The first-order valence-corrected chi connectivity index (χ1v) is 13.0. The van der Waals surface area contributed by atoms with Crippen LogP contribution in [0.2, 0.25) is 0 Å². The van der Waals surface area contributed by atoms with Crippen molar-refractivity contribution in [3.05, 3.63) is 94.0 Å². The second-order valence-electron chi connectivity index (χ2n) is 9.47. The number of ether oxygens (including phenoxy) is 2. The van der Waals surface area contributed by atoms with Crippen LogP contribution in [0.3, 0.4) is 0 Å². The van der Waals surface area contributed by atoms with Gasteiger partial charge in [-0.25, -0.2) is 19.2 Å². The Morgan fingerprint density at radius 1 is 0.674 bits per heavy atom. The first kappa shape index (κ1) is 38.5. The number of halogens is 2. The van der Waals surface area contributed by atoms with Gasteiger partial charge in [0, 0.05) is 49.7 Å². The van der Waals surface area contributed by atoms with E-state index in [1.807, 2.05) is 0 Å². The van der Waals surface area contributed by atoms with Crippen LogP contribution in [0.1, 0.15) is 43.0 Å². The number of amides is 2. The number of rotatable bonds is 8. The molecule has 0 aromatic heterocycles. The van der Waals surface area contributed by atoms with Crippen molar-refractivity contribution in [2.24, 2.45) is 0 Å². The number of nitrogens with two attached hydrogens (primary N) is 2. The Balaban J connectivity index is 0.00000529. The van der Waals surface area contributed by atoms with Crippen molar-refractivity contribution in [2.45, 2.75) is 13.1 Å². The van der Waals surface area contributed by atoms with Gasteiger partial charge >= 0.3 is 24.1 Å². The Morgan fingerprint density at radius 3 is 1.37 bits per heavy atom. The van der Waals surface area contributed by atoms with Crippen LogP contribution in [0.25, 0.3) is 0 Å². The molecule has 3 rings (SSSR count). The Hall–Kier alpha value is -5.56. The summed E-state index contributed by atoms with van der Waals surface area (Å²) in [5.41, 5.74) is 13.4. The van der Waals surface area contributed by atoms with Crippen LogP contribution >= 0.6 is 24.8 Å². The zero-order chi connectivity index (χ0) is 32.2. The van der Waals surface area contributed by atoms with E-state index in [2.05, 4.69) is 23.7 Å². The molecule has 0 aliphatic carbocycles. The van der Waals surface area contributed by atoms with E-state index in [0.29, 0.717) is 11.4 Å². The Bertz CT molecular complexity index is 1580. The number of nitrogens with zero attached hydrogens (tertiary/aromatic N) is 2. The van der Waals surface area contributed by atoms with Crippen LogP contribution in [0.15, 0.2) is 60.7 Å². The largest absolute Gasteiger partial charge is 0.478 e. The molecule has 0 bridgehead atoms. The minimum atomic E-state index is -1.37. The second-order valence-corrected chi connectivity index (χ2v) is 9.47. The molecule has 0 fully saturated rings. The summed E-state index contributed by atoms with van der Waals surface area (Å²) in [6, 6.07) is 16.2. The lowest BCUT2D eigenvalue weighted by Gasteiger charge is -2.16. The van der Waals surface area contributed by atoms with Crippen LogP contribution in [0.4, 0.5) is 21.0 Å². The van der Waals surface area contributed by atoms with Gasteiger partial charge < -0.3 is 41.0 Å². The molecular weight excluding hydrogens is 639 g/mol. The molecule has 14 heteroatoms. The molecule has 3 aromatic rings. The van der Waals surface area contributed by atoms with Crippen molar-refractivity contribution in [1.29, 1.82) is 0 Å². The van der Waals surface area contributed by atoms with Crippen LogP contribution in [0, 0.1) is 23.7 Å². The maximum atomic E-state index is 12.3. The molecule has 0 atom stereocenters. The van der Waals surface area contributed by atoms with E-state index in [9.17, 15) is 29.4 Å². The van der Waals surface area contributed by atoms with Crippen LogP contribution in [-0.2, 0) is 22.6 Å². The number of hydrogen-bond acceptors (Lipinski definition) is 8. The van der Waals surface area contributed by atoms with Gasteiger partial charge in [-0.3, -0.25) is 0 Å². The van der Waals surface area contributed by atoms with Crippen LogP contribution in [0.5, 0.6) is 0 Å². The lowest BCUT2D eigenvalue weighted by atomic mass is 9.98. The highest BCUT2D eigenvalue weighted by molar-refractivity contribution is 5.96. The van der Waals surface area contributed by atoms with Gasteiger partial charge in [0.25, 0.3) is 0 Å². The quantitative estimate of drug-likeness (QED) is 0.198. The van der Waals surface area contributed by atoms with E-state index >= 15 is 0 Å². The fraction of sp³-hybridized carbons (Fsp3) is 0.188. The van der Waals surface area contributed by atoms with Crippen LogP contribution < -0.4 is 11.5 Å². The highest BCUT2D eigenvalue weighted by Crippen LogP contribution is 2.17. The van der Waals surface area contributed by atoms with Gasteiger partial charge in [-0.05, 0) is 47.5 Å². The van der Waals surface area contributed by atoms with Gasteiger partial charge in [0.05, 0.1) is 11.1 Å². The van der Waals surface area contributed by atoms with Crippen molar-refractivity contribution < 1.29 is 38.9 Å². The lowest BCUT2D eigenvalue weighted by molar-refractivity contribution is 0.0680. The minimum Gasteiger partial charge on any atom is -0.478 e. The molecule has 0 unspecified atom stereocenters. The summed E-state index contributed by atoms with van der Waals surface area (Å²) in [4.78, 5) is 51.0. The van der Waals surface area contributed by atoms with Crippen molar-refractivity contribution in [3.8, 4) is 23.7 Å². The average molecular weight is 672 g/mol. The summed E-state index contributed by atoms with van der Waals surface area (Å²) in [6.07, 6.45) is -1.35. The molecule has 46 heavy (non-hydrogen) atoms. The predicted octanol–water partition coefficient (Wildman–Crippen LogP) is 4.33. The van der Waals surface area contributed by atoms with Crippen molar-refractivity contribution in [2.75, 3.05) is 38.8 Å². The highest BCUT2D eigenvalue weighted by Gasteiger charge is 2.17. The summed E-state index contributed by atoms with van der Waals surface area (Å²) in [5, 5.41) is 19.4. The lowest BCUT2D eigenvalue weighted by Crippen LogP contribution is -2.27. The van der Waals surface area contributed by atoms with E-state index in [4.69, 9.17) is 20.9 Å². The molecule has 12 nitrogen and oxygen atoms in total. The van der Waals surface area contributed by atoms with Gasteiger partial charge in [0.15, 0.2) is 13.2 Å². The number of carboxylic acid groups (broad SMARTS) is 2. The molecule has 2 amide bonds. The monoisotopic (exact) mass is 670 g/mol. The number of anilines is 2. The summed E-state index contributed by atoms with van der Waals surface area (Å²) in [5.74, 6) is 7.43. The standard InChI is InChI=1S/C32H30N4O8.2ClH/c1-35(19-21-7-3-11-25(33)15-21)31(41)43-13-5-9-23-17-28(30(39)40)24(18-27(23)29(37)38)10-6-14-44-32(42)36(2)20-22-8-4-12-26(34)16-22;;/h3-4,7-8,11-12,15-18H,13-14,19-20,33-34H2,1-2H3,(H,37,38)(H,39,40);2*1H. The fourth-order valence-corrected chi connectivity index (χ4v) is 3.90. The zero-order valence-electron chi connectivity index (χ0n) is 24.8. The normalized spacial score (nSPS) is 9.43. The third-order valence-corrected chi connectivity index (χ3v) is 5.97. The molecule has 0 aliphatic heterocycles. The summed E-state index contributed by atoms with van der Waals surface area (Å²) in [7, 11) is 3.06. The molecule has 0 saturated heterocycles. The molecule has 3 aromatic carbocycles. The number of aromatic carboxylic acids is 2. The first-order valence-electron chi connectivity index (χ1n) is 13.0. The number of carboxylic acids is 2. The molecule has 242 valence electrons. The van der Waals surface area contributed by atoms with Gasteiger partial charge in [-0.1, -0.05) is 47.9 Å². The highest BCUT2D eigenvalue weighted by atomic mass is 35.5. The summed E-state index contributed by atoms with van der Waals surface area (Å²) in [6.45, 7) is -0.269. The minimum absolute atomic E-state index is 0. The van der Waals surface area contributed by atoms with Gasteiger partial charge in [0.1, 0.15) is 0 Å². The van der Waals surface area contributed by atoms with Crippen molar-refractivity contribution in [1.82, 2.24) is 9.80 Å². The Kier molecular flexibility index (Phi) is 15.3. The summed E-state index contributed by atoms with van der Waals surface area (Å²) < 4.78 is 10.2. The van der Waals surface area contributed by atoms with Crippen molar-refractivity contribution >= 4 is 60.3 Å². The number of nitrogen functional groups attached to an aromatic ring is 2. The third-order valence-electron chi connectivity index (χ3n) is 5.97. The molecule has 0 heterocycles. The van der Waals surface area contributed by atoms with Gasteiger partial charge in [-0.2, -0.15) is 0 Å². The number of hydrogen-bond donors (Lipinski definition) is 4. The van der Waals surface area contributed by atoms with E-state index in [-0.39, 0.29) is 73.4 Å². The van der Waals surface area contributed by atoms with E-state index in [0.717, 1.165) is 23.3 Å². The van der Waals surface area contributed by atoms with Crippen LogP contribution in [-0.4, -0.2) is 71.4 Å². The first-order chi connectivity index (χ1) is 20.9. The van der Waals surface area contributed by atoms with Gasteiger partial charge in [0.2, 0.25) is 0 Å². The maximum absolute atomic E-state index is 12.3. The Morgan fingerprint density at radius 2 is 1.04 bits per heavy atom. The van der Waals surface area contributed by atoms with E-state index < -0.39 is 24.1 Å². The molecule has 0 spiro atoms. The second kappa shape index (κ2) is 18.3. The number of carbonyl (C=O) groups is 4. The van der Waals surface area contributed by atoms with E-state index in [1.165, 1.54) is 23.9 Å². The maximum Gasteiger partial charge on any atom is 0.410 e. The summed E-state index contributed by atoms with van der Waals surface area (Å²) >= 11 is 0. The smallest absolute Gasteiger partial charge is 0.410 e. The molecule has 0 radical (unpaired) electrons. The number of carbonyl (C=O) groups excluding carboxylic acids is 2. The zero-order valence-corrected chi connectivity index (χ0v) is 26.4. The van der Waals surface area contributed by atoms with Crippen molar-refractivity contribution in [3.63, 3.8) is 0 Å². The topological polar surface area (TPSA) is 186 Å². The third kappa shape index (κ3) is 11.5. The SMILES string of the molecule is CN(Cc1cccc(N)c1)C(=O)OCC#Cc1cc(C(=O)O)c(C#CCOC(=O)N(C)Cc2cccc(N)c2)cc1C(=O)O.Cl.Cl. The number of benzene rings is 3. The molecular formula is C32H32Cl2N4O8. The average Bonchev–Trinajstić information content (AvgIpc) is 2.97. The molecule has 0 aliphatic rings. The molecule has 6 N–H and O–H groups in total. The predicted molar refractivity (Wildman–Crippen MR) is 176 cm³/mol. The Labute approximate surface area is 278 Å². The van der Waals surface area contributed by atoms with E-state index in [1.54, 1.807) is 48.5 Å². The van der Waals surface area contributed by atoms with Gasteiger partial charge in [-0.15, -0.1) is 24.8 Å². The molecule has 0 saturated carbocycles. The fourth-order valence-electron chi connectivity index (χ4n) is 3.90.